The highest BCUT2D eigenvalue weighted by Gasteiger charge is 2.14. The van der Waals surface area contributed by atoms with Crippen molar-refractivity contribution >= 4 is 27.3 Å². The summed E-state index contributed by atoms with van der Waals surface area (Å²) in [5.41, 5.74) is 2.29. The average Bonchev–Trinajstić information content (AvgIpc) is 2.83. The van der Waals surface area contributed by atoms with Crippen molar-refractivity contribution in [2.24, 2.45) is 0 Å². The molecule has 0 fully saturated rings. The van der Waals surface area contributed by atoms with Gasteiger partial charge in [0.15, 0.2) is 0 Å². The quantitative estimate of drug-likeness (QED) is 0.885. The minimum atomic E-state index is -0.227. The molecule has 1 nitrogen and oxygen atoms in total. The molecule has 0 aliphatic carbocycles. The minimum absolute atomic E-state index is 0.128. The van der Waals surface area contributed by atoms with E-state index in [1.54, 1.807) is 11.3 Å². The Morgan fingerprint density at radius 1 is 1.35 bits per heavy atom. The van der Waals surface area contributed by atoms with Gasteiger partial charge in [0, 0.05) is 0 Å². The lowest BCUT2D eigenvalue weighted by Crippen LogP contribution is -2.21. The van der Waals surface area contributed by atoms with Crippen molar-refractivity contribution in [1.82, 2.24) is 5.32 Å². The fourth-order valence-corrected chi connectivity index (χ4v) is 2.85. The SMILES string of the molecule is CCNC(c1ccsc1)c1ccc(F)c(Br)c1. The normalized spacial score (nSPS) is 12.6. The van der Waals surface area contributed by atoms with Crippen molar-refractivity contribution in [3.8, 4) is 0 Å². The lowest BCUT2D eigenvalue weighted by atomic mass is 10.0. The summed E-state index contributed by atoms with van der Waals surface area (Å²) in [5.74, 6) is -0.227. The summed E-state index contributed by atoms with van der Waals surface area (Å²) in [7, 11) is 0. The van der Waals surface area contributed by atoms with Crippen LogP contribution in [0.15, 0.2) is 39.5 Å². The number of hydrogen-bond donors (Lipinski definition) is 1. The summed E-state index contributed by atoms with van der Waals surface area (Å²) in [4.78, 5) is 0. The Hall–Kier alpha value is -0.710. The van der Waals surface area contributed by atoms with Gasteiger partial charge in [-0.2, -0.15) is 11.3 Å². The van der Waals surface area contributed by atoms with Crippen LogP contribution in [0, 0.1) is 5.82 Å². The topological polar surface area (TPSA) is 12.0 Å². The number of benzene rings is 1. The number of hydrogen-bond acceptors (Lipinski definition) is 2. The van der Waals surface area contributed by atoms with E-state index < -0.39 is 0 Å². The Kier molecular flexibility index (Phi) is 4.31. The minimum Gasteiger partial charge on any atom is -0.307 e. The zero-order valence-corrected chi connectivity index (χ0v) is 11.8. The second kappa shape index (κ2) is 5.76. The van der Waals surface area contributed by atoms with Crippen LogP contribution in [0.2, 0.25) is 0 Å². The third kappa shape index (κ3) is 2.94. The molecule has 0 bridgehead atoms. The van der Waals surface area contributed by atoms with Crippen LogP contribution in [-0.4, -0.2) is 6.54 Å². The van der Waals surface area contributed by atoms with Crippen LogP contribution < -0.4 is 5.32 Å². The van der Waals surface area contributed by atoms with Gasteiger partial charge in [-0.1, -0.05) is 13.0 Å². The van der Waals surface area contributed by atoms with Crippen LogP contribution in [0.25, 0.3) is 0 Å². The van der Waals surface area contributed by atoms with E-state index >= 15 is 0 Å². The van der Waals surface area contributed by atoms with E-state index in [2.05, 4.69) is 45.0 Å². The smallest absolute Gasteiger partial charge is 0.137 e. The molecule has 17 heavy (non-hydrogen) atoms. The van der Waals surface area contributed by atoms with Crippen LogP contribution in [0.4, 0.5) is 4.39 Å². The van der Waals surface area contributed by atoms with E-state index in [1.165, 1.54) is 11.6 Å². The molecule has 0 aliphatic rings. The summed E-state index contributed by atoms with van der Waals surface area (Å²) in [6.45, 7) is 2.94. The highest BCUT2D eigenvalue weighted by atomic mass is 79.9. The monoisotopic (exact) mass is 313 g/mol. The third-order valence-corrected chi connectivity index (χ3v) is 3.87. The largest absolute Gasteiger partial charge is 0.307 e. The molecule has 0 aliphatic heterocycles. The number of nitrogens with one attached hydrogen (secondary N) is 1. The zero-order valence-electron chi connectivity index (χ0n) is 9.41. The van der Waals surface area contributed by atoms with Crippen molar-refractivity contribution in [1.29, 1.82) is 0 Å². The molecule has 90 valence electrons. The fourth-order valence-electron chi connectivity index (χ4n) is 1.76. The summed E-state index contributed by atoms with van der Waals surface area (Å²) < 4.78 is 13.7. The third-order valence-electron chi connectivity index (χ3n) is 2.56. The van der Waals surface area contributed by atoms with Gasteiger partial charge in [-0.15, -0.1) is 0 Å². The van der Waals surface area contributed by atoms with Crippen LogP contribution in [0.1, 0.15) is 24.1 Å². The molecule has 0 saturated heterocycles. The second-order valence-corrected chi connectivity index (χ2v) is 5.36. The highest BCUT2D eigenvalue weighted by Crippen LogP contribution is 2.27. The van der Waals surface area contributed by atoms with Gasteiger partial charge in [-0.25, -0.2) is 4.39 Å². The van der Waals surface area contributed by atoms with Crippen molar-refractivity contribution in [3.63, 3.8) is 0 Å². The van der Waals surface area contributed by atoms with Crippen LogP contribution in [-0.2, 0) is 0 Å². The summed E-state index contributed by atoms with van der Waals surface area (Å²) in [6, 6.07) is 7.37. The molecule has 1 atom stereocenters. The molecule has 2 rings (SSSR count). The lowest BCUT2D eigenvalue weighted by Gasteiger charge is -2.17. The Balaban J connectivity index is 2.35. The molecule has 1 aromatic carbocycles. The maximum absolute atomic E-state index is 13.2. The van der Waals surface area contributed by atoms with Crippen LogP contribution in [0.3, 0.4) is 0 Å². The first-order chi connectivity index (χ1) is 8.22. The molecule has 2 aromatic rings. The van der Waals surface area contributed by atoms with E-state index in [0.717, 1.165) is 12.1 Å². The van der Waals surface area contributed by atoms with Gasteiger partial charge in [-0.05, 0) is 62.6 Å². The van der Waals surface area contributed by atoms with Crippen molar-refractivity contribution in [2.75, 3.05) is 6.54 Å². The molecule has 0 spiro atoms. The molecule has 0 saturated carbocycles. The maximum Gasteiger partial charge on any atom is 0.137 e. The second-order valence-electron chi connectivity index (χ2n) is 3.72. The van der Waals surface area contributed by atoms with E-state index in [-0.39, 0.29) is 11.9 Å². The molecule has 1 heterocycles. The van der Waals surface area contributed by atoms with E-state index in [4.69, 9.17) is 0 Å². The molecule has 4 heteroatoms. The number of rotatable bonds is 4. The Morgan fingerprint density at radius 3 is 2.76 bits per heavy atom. The van der Waals surface area contributed by atoms with Gasteiger partial charge in [-0.3, -0.25) is 0 Å². The molecule has 0 radical (unpaired) electrons. The predicted octanol–water partition coefficient (Wildman–Crippen LogP) is 4.35. The summed E-state index contributed by atoms with van der Waals surface area (Å²) >= 11 is 4.90. The Labute approximate surface area is 113 Å². The first kappa shape index (κ1) is 12.7. The molecule has 0 amide bonds. The average molecular weight is 314 g/mol. The van der Waals surface area contributed by atoms with Gasteiger partial charge in [0.25, 0.3) is 0 Å². The van der Waals surface area contributed by atoms with E-state index in [9.17, 15) is 4.39 Å². The van der Waals surface area contributed by atoms with Gasteiger partial charge in [0.05, 0.1) is 10.5 Å². The van der Waals surface area contributed by atoms with E-state index in [1.807, 2.05) is 12.1 Å². The molecular formula is C13H13BrFNS. The Morgan fingerprint density at radius 2 is 2.18 bits per heavy atom. The number of halogens is 2. The van der Waals surface area contributed by atoms with Crippen LogP contribution in [0.5, 0.6) is 0 Å². The fraction of sp³-hybridized carbons (Fsp3) is 0.231. The standard InChI is InChI=1S/C13H13BrFNS/c1-2-16-13(10-5-6-17-8-10)9-3-4-12(15)11(14)7-9/h3-8,13,16H,2H2,1H3. The summed E-state index contributed by atoms with van der Waals surface area (Å²) in [6.07, 6.45) is 0. The Bertz CT molecular complexity index is 484. The van der Waals surface area contributed by atoms with Gasteiger partial charge in [0.2, 0.25) is 0 Å². The predicted molar refractivity (Wildman–Crippen MR) is 73.9 cm³/mol. The lowest BCUT2D eigenvalue weighted by molar-refractivity contribution is 0.609. The molecule has 1 unspecified atom stereocenters. The van der Waals surface area contributed by atoms with Crippen molar-refractivity contribution in [3.05, 3.63) is 56.4 Å². The highest BCUT2D eigenvalue weighted by molar-refractivity contribution is 9.10. The first-order valence-corrected chi connectivity index (χ1v) is 7.16. The van der Waals surface area contributed by atoms with E-state index in [0.29, 0.717) is 4.47 Å². The van der Waals surface area contributed by atoms with Gasteiger partial charge >= 0.3 is 0 Å². The maximum atomic E-state index is 13.2. The van der Waals surface area contributed by atoms with Crippen LogP contribution >= 0.6 is 27.3 Å². The van der Waals surface area contributed by atoms with Crippen molar-refractivity contribution < 1.29 is 4.39 Å². The van der Waals surface area contributed by atoms with Crippen molar-refractivity contribution in [2.45, 2.75) is 13.0 Å². The summed E-state index contributed by atoms with van der Waals surface area (Å²) in [5, 5.41) is 7.58. The van der Waals surface area contributed by atoms with Gasteiger partial charge in [0.1, 0.15) is 5.82 Å². The first-order valence-electron chi connectivity index (χ1n) is 5.42. The zero-order chi connectivity index (χ0) is 12.3. The molecule has 1 N–H and O–H groups in total. The molecular weight excluding hydrogens is 301 g/mol. The molecule has 1 aromatic heterocycles. The van der Waals surface area contributed by atoms with Gasteiger partial charge < -0.3 is 5.32 Å². The number of thiophene rings is 1.